The van der Waals surface area contributed by atoms with Gasteiger partial charge in [-0.3, -0.25) is 0 Å². The van der Waals surface area contributed by atoms with Gasteiger partial charge in [0.2, 0.25) is 6.61 Å². The number of nitrogens with zero attached hydrogens (tertiary/aromatic N) is 3. The largest absolute Gasteiger partial charge is 0.486 e. The first-order chi connectivity index (χ1) is 17.2. The molecule has 0 amide bonds. The van der Waals surface area contributed by atoms with Crippen molar-refractivity contribution in [3.8, 4) is 11.5 Å². The fourth-order valence-corrected chi connectivity index (χ4v) is 4.45. The molecule has 0 aliphatic rings. The standard InChI is InChI=1S/C26H27N3O6S/c1-6-27-33-15-23(30)34-24-16(2)29(25(31)35-26(3,4)5)20-12-11-17(13-18(20)24)32-14-22-28-19-9-7-8-10-21(19)36-22/h6-13H,14-15H2,1-5H3. The van der Waals surface area contributed by atoms with Gasteiger partial charge in [-0.15, -0.1) is 11.3 Å². The summed E-state index contributed by atoms with van der Waals surface area (Å²) in [6, 6.07) is 13.1. The van der Waals surface area contributed by atoms with Crippen LogP contribution in [-0.2, 0) is 21.0 Å². The Kier molecular flexibility index (Phi) is 7.25. The smallest absolute Gasteiger partial charge is 0.419 e. The van der Waals surface area contributed by atoms with Crippen molar-refractivity contribution in [3.63, 3.8) is 0 Å². The normalized spacial score (nSPS) is 11.8. The molecule has 188 valence electrons. The number of para-hydroxylation sites is 1. The minimum absolute atomic E-state index is 0.218. The number of ether oxygens (including phenoxy) is 3. The van der Waals surface area contributed by atoms with Crippen LogP contribution < -0.4 is 9.47 Å². The number of thiazole rings is 1. The van der Waals surface area contributed by atoms with E-state index in [-0.39, 0.29) is 19.0 Å². The van der Waals surface area contributed by atoms with Crippen LogP contribution in [0.1, 0.15) is 38.4 Å². The van der Waals surface area contributed by atoms with Crippen LogP contribution in [0.5, 0.6) is 11.5 Å². The summed E-state index contributed by atoms with van der Waals surface area (Å²) in [6.07, 6.45) is 0.837. The van der Waals surface area contributed by atoms with Crippen LogP contribution >= 0.6 is 11.3 Å². The Hall–Kier alpha value is -3.92. The van der Waals surface area contributed by atoms with Crippen LogP contribution in [0.4, 0.5) is 4.79 Å². The van der Waals surface area contributed by atoms with Crippen LogP contribution in [0.15, 0.2) is 47.6 Å². The summed E-state index contributed by atoms with van der Waals surface area (Å²) in [7, 11) is 0. The van der Waals surface area contributed by atoms with Gasteiger partial charge in [0.25, 0.3) is 0 Å². The SMILES string of the molecule is CC=NOCC(=O)Oc1c(C)n(C(=O)OC(C)(C)C)c2ccc(OCc3nc4ccccc4s3)cc12. The molecule has 2 heterocycles. The van der Waals surface area contributed by atoms with Crippen molar-refractivity contribution in [2.45, 2.75) is 46.8 Å². The number of hydrogen-bond donors (Lipinski definition) is 0. The third-order valence-corrected chi connectivity index (χ3v) is 5.98. The third-order valence-electron chi connectivity index (χ3n) is 4.97. The fraction of sp³-hybridized carbons (Fsp3) is 0.308. The predicted octanol–water partition coefficient (Wildman–Crippen LogP) is 5.85. The predicted molar refractivity (Wildman–Crippen MR) is 138 cm³/mol. The molecule has 0 radical (unpaired) electrons. The van der Waals surface area contributed by atoms with Crippen molar-refractivity contribution in [2.75, 3.05) is 6.61 Å². The van der Waals surface area contributed by atoms with Gasteiger partial charge in [0.15, 0.2) is 5.75 Å². The average Bonchev–Trinajstić information content (AvgIpc) is 3.35. The highest BCUT2D eigenvalue weighted by atomic mass is 32.1. The molecule has 2 aromatic heterocycles. The molecule has 36 heavy (non-hydrogen) atoms. The number of aromatic nitrogens is 2. The number of rotatable bonds is 7. The van der Waals surface area contributed by atoms with Gasteiger partial charge in [-0.25, -0.2) is 19.1 Å². The van der Waals surface area contributed by atoms with Crippen molar-refractivity contribution in [3.05, 3.63) is 53.2 Å². The molecule has 2 aromatic carbocycles. The van der Waals surface area contributed by atoms with Gasteiger partial charge >= 0.3 is 12.1 Å². The lowest BCUT2D eigenvalue weighted by Gasteiger charge is -2.20. The molecule has 0 fully saturated rings. The first-order valence-electron chi connectivity index (χ1n) is 11.3. The maximum atomic E-state index is 13.0. The van der Waals surface area contributed by atoms with Crippen LogP contribution in [0.2, 0.25) is 0 Å². The van der Waals surface area contributed by atoms with Gasteiger partial charge in [0, 0.05) is 11.6 Å². The molecule has 4 aromatic rings. The second-order valence-electron chi connectivity index (χ2n) is 8.88. The van der Waals surface area contributed by atoms with E-state index < -0.39 is 17.7 Å². The highest BCUT2D eigenvalue weighted by Gasteiger charge is 2.26. The monoisotopic (exact) mass is 509 g/mol. The Balaban J connectivity index is 1.66. The van der Waals surface area contributed by atoms with Crippen molar-refractivity contribution in [1.29, 1.82) is 0 Å². The number of hydrogen-bond acceptors (Lipinski definition) is 9. The van der Waals surface area contributed by atoms with E-state index in [1.165, 1.54) is 10.8 Å². The minimum atomic E-state index is -0.705. The topological polar surface area (TPSA) is 101 Å². The van der Waals surface area contributed by atoms with E-state index in [1.54, 1.807) is 64.2 Å². The van der Waals surface area contributed by atoms with E-state index >= 15 is 0 Å². The van der Waals surface area contributed by atoms with Crippen molar-refractivity contribution < 1.29 is 28.6 Å². The molecule has 10 heteroatoms. The molecule has 4 rings (SSSR count). The Morgan fingerprint density at radius 1 is 1.17 bits per heavy atom. The van der Waals surface area contributed by atoms with E-state index in [0.29, 0.717) is 22.3 Å². The van der Waals surface area contributed by atoms with Crippen LogP contribution in [0.3, 0.4) is 0 Å². The number of fused-ring (bicyclic) bond motifs is 2. The molecule has 0 aliphatic carbocycles. The van der Waals surface area contributed by atoms with Gasteiger partial charge in [0.05, 0.1) is 21.4 Å². The molecular formula is C26H27N3O6S. The molecule has 0 bridgehead atoms. The Labute approximate surface area is 212 Å². The van der Waals surface area contributed by atoms with Crippen LogP contribution in [0, 0.1) is 6.92 Å². The summed E-state index contributed by atoms with van der Waals surface area (Å²) in [5.74, 6) is 0.0929. The summed E-state index contributed by atoms with van der Waals surface area (Å²) in [6.45, 7) is 8.59. The number of carbonyl (C=O) groups is 2. The highest BCUT2D eigenvalue weighted by molar-refractivity contribution is 7.18. The maximum Gasteiger partial charge on any atom is 0.419 e. The van der Waals surface area contributed by atoms with E-state index in [1.807, 2.05) is 24.3 Å². The number of carbonyl (C=O) groups excluding carboxylic acids is 2. The van der Waals surface area contributed by atoms with E-state index in [9.17, 15) is 9.59 Å². The Bertz CT molecular complexity index is 1410. The molecule has 0 N–H and O–H groups in total. The van der Waals surface area contributed by atoms with Gasteiger partial charge in [-0.2, -0.15) is 0 Å². The van der Waals surface area contributed by atoms with Gasteiger partial charge in [0.1, 0.15) is 23.0 Å². The third kappa shape index (κ3) is 5.65. The molecule has 0 saturated heterocycles. The summed E-state index contributed by atoms with van der Waals surface area (Å²) < 4.78 is 19.6. The minimum Gasteiger partial charge on any atom is -0.486 e. The molecular weight excluding hydrogens is 482 g/mol. The van der Waals surface area contributed by atoms with Crippen molar-refractivity contribution >= 4 is 50.7 Å². The van der Waals surface area contributed by atoms with Crippen LogP contribution in [-0.4, -0.2) is 40.0 Å². The molecule has 0 spiro atoms. The second-order valence-corrected chi connectivity index (χ2v) is 10.00. The molecule has 0 aliphatic heterocycles. The lowest BCUT2D eigenvalue weighted by atomic mass is 10.2. The van der Waals surface area contributed by atoms with E-state index in [2.05, 4.69) is 10.1 Å². The lowest BCUT2D eigenvalue weighted by molar-refractivity contribution is -0.139. The first-order valence-corrected chi connectivity index (χ1v) is 12.1. The zero-order valence-corrected chi connectivity index (χ0v) is 21.5. The van der Waals surface area contributed by atoms with Gasteiger partial charge in [-0.05, 0) is 65.0 Å². The Morgan fingerprint density at radius 2 is 1.94 bits per heavy atom. The first kappa shape index (κ1) is 25.2. The van der Waals surface area contributed by atoms with Crippen molar-refractivity contribution in [2.24, 2.45) is 5.16 Å². The van der Waals surface area contributed by atoms with E-state index in [4.69, 9.17) is 19.0 Å². The lowest BCUT2D eigenvalue weighted by Crippen LogP contribution is -2.27. The molecule has 0 saturated carbocycles. The number of esters is 1. The summed E-state index contributed by atoms with van der Waals surface area (Å²) in [5, 5.41) is 4.92. The quantitative estimate of drug-likeness (QED) is 0.175. The summed E-state index contributed by atoms with van der Waals surface area (Å²) >= 11 is 1.56. The molecule has 9 nitrogen and oxygen atoms in total. The molecule has 0 unspecified atom stereocenters. The Morgan fingerprint density at radius 3 is 2.67 bits per heavy atom. The number of oxime groups is 1. The van der Waals surface area contributed by atoms with Gasteiger partial charge < -0.3 is 19.0 Å². The summed E-state index contributed by atoms with van der Waals surface area (Å²) in [4.78, 5) is 34.9. The zero-order valence-electron chi connectivity index (χ0n) is 20.7. The van der Waals surface area contributed by atoms with Crippen LogP contribution in [0.25, 0.3) is 21.1 Å². The average molecular weight is 510 g/mol. The maximum absolute atomic E-state index is 13.0. The van der Waals surface area contributed by atoms with E-state index in [0.717, 1.165) is 15.2 Å². The zero-order chi connectivity index (χ0) is 25.9. The second kappa shape index (κ2) is 10.4. The van der Waals surface area contributed by atoms with Crippen molar-refractivity contribution in [1.82, 2.24) is 9.55 Å². The van der Waals surface area contributed by atoms with Gasteiger partial charge in [-0.1, -0.05) is 17.3 Å². The fourth-order valence-electron chi connectivity index (χ4n) is 3.57. The summed E-state index contributed by atoms with van der Waals surface area (Å²) in [5.41, 5.74) is 1.15. The number of benzene rings is 2. The molecule has 0 atom stereocenters. The highest BCUT2D eigenvalue weighted by Crippen LogP contribution is 2.36.